The van der Waals surface area contributed by atoms with Crippen LogP contribution >= 0.6 is 12.2 Å². The summed E-state index contributed by atoms with van der Waals surface area (Å²) >= 11 is 5.26. The number of halogens is 6. The second-order valence-electron chi connectivity index (χ2n) is 7.45. The van der Waals surface area contributed by atoms with Gasteiger partial charge in [-0.3, -0.25) is 4.79 Å². The van der Waals surface area contributed by atoms with Crippen LogP contribution in [0.4, 0.5) is 32.0 Å². The summed E-state index contributed by atoms with van der Waals surface area (Å²) in [5, 5.41) is 2.72. The van der Waals surface area contributed by atoms with E-state index < -0.39 is 59.4 Å². The van der Waals surface area contributed by atoms with E-state index in [0.717, 1.165) is 24.3 Å². The maximum absolute atomic E-state index is 14.2. The van der Waals surface area contributed by atoms with Crippen LogP contribution in [0, 0.1) is 0 Å². The number of nitrogens with one attached hydrogen (secondary N) is 1. The third kappa shape index (κ3) is 6.04. The predicted molar refractivity (Wildman–Crippen MR) is 118 cm³/mol. The van der Waals surface area contributed by atoms with Crippen molar-refractivity contribution in [2.45, 2.75) is 44.8 Å². The third-order valence-corrected chi connectivity index (χ3v) is 5.46. The highest BCUT2D eigenvalue weighted by atomic mass is 32.1. The molecule has 1 aliphatic heterocycles. The van der Waals surface area contributed by atoms with Gasteiger partial charge in [-0.1, -0.05) is 24.4 Å². The molecule has 3 rings (SSSR count). The van der Waals surface area contributed by atoms with E-state index in [1.807, 2.05) is 0 Å². The van der Waals surface area contributed by atoms with Crippen molar-refractivity contribution < 1.29 is 45.3 Å². The van der Waals surface area contributed by atoms with E-state index in [2.05, 4.69) is 5.32 Å². The van der Waals surface area contributed by atoms with E-state index in [9.17, 15) is 31.1 Å². The second kappa shape index (κ2) is 10.4. The van der Waals surface area contributed by atoms with Gasteiger partial charge in [-0.2, -0.15) is 26.3 Å². The van der Waals surface area contributed by atoms with Gasteiger partial charge < -0.3 is 19.5 Å². The summed E-state index contributed by atoms with van der Waals surface area (Å²) in [5.74, 6) is -1.24. The normalized spacial score (nSPS) is 18.3. The fourth-order valence-electron chi connectivity index (χ4n) is 3.68. The molecule has 0 aromatic heterocycles. The largest absolute Gasteiger partial charge is 0.493 e. The van der Waals surface area contributed by atoms with Gasteiger partial charge in [-0.15, -0.1) is 0 Å². The summed E-state index contributed by atoms with van der Waals surface area (Å²) in [5.41, 5.74) is -2.97. The van der Waals surface area contributed by atoms with E-state index in [0.29, 0.717) is 6.07 Å². The number of anilines is 1. The first-order chi connectivity index (χ1) is 16.4. The Balaban J connectivity index is 2.24. The molecule has 2 aromatic rings. The Morgan fingerprint density at radius 1 is 1.03 bits per heavy atom. The SMILES string of the molecule is CCOC(=O)C[C@H]1O[C@H](c2cccc(OCC)c2C(F)(F)F)c2cc(C(F)(F)F)ccc2NC1=S. The lowest BCUT2D eigenvalue weighted by Gasteiger charge is -2.26. The maximum atomic E-state index is 14.2. The standard InChI is InChI=1S/C23H21F6NO4S/c1-3-32-16-7-5-6-13(19(16)23(27,28)29)20-14-10-12(22(24,25)26)8-9-15(14)30-21(35)17(34-20)11-18(31)33-4-2/h5-10,17,20H,3-4,11H2,1-2H3,(H,30,35)/t17-,20-/m1/s1. The Labute approximate surface area is 202 Å². The lowest BCUT2D eigenvalue weighted by Crippen LogP contribution is -2.31. The van der Waals surface area contributed by atoms with Crippen LogP contribution in [0.3, 0.4) is 0 Å². The third-order valence-electron chi connectivity index (χ3n) is 5.09. The number of rotatable bonds is 6. The van der Waals surface area contributed by atoms with Crippen molar-refractivity contribution >= 4 is 28.9 Å². The molecule has 0 saturated heterocycles. The number of fused-ring (bicyclic) bond motifs is 1. The fraction of sp³-hybridized carbons (Fsp3) is 0.391. The average molecular weight is 521 g/mol. The lowest BCUT2D eigenvalue weighted by atomic mass is 9.93. The maximum Gasteiger partial charge on any atom is 0.420 e. The van der Waals surface area contributed by atoms with E-state index in [4.69, 9.17) is 26.4 Å². The first-order valence-electron chi connectivity index (χ1n) is 10.5. The molecule has 1 N–H and O–H groups in total. The minimum atomic E-state index is -4.93. The predicted octanol–water partition coefficient (Wildman–Crippen LogP) is 6.30. The van der Waals surface area contributed by atoms with Crippen LogP contribution in [0.15, 0.2) is 36.4 Å². The van der Waals surface area contributed by atoms with E-state index in [1.165, 1.54) is 13.0 Å². The Morgan fingerprint density at radius 3 is 2.34 bits per heavy atom. The quantitative estimate of drug-likeness (QED) is 0.274. The van der Waals surface area contributed by atoms with Crippen molar-refractivity contribution in [1.29, 1.82) is 0 Å². The lowest BCUT2D eigenvalue weighted by molar-refractivity contribution is -0.146. The van der Waals surface area contributed by atoms with Crippen molar-refractivity contribution in [3.05, 3.63) is 58.7 Å². The number of esters is 1. The summed E-state index contributed by atoms with van der Waals surface area (Å²) in [7, 11) is 0. The van der Waals surface area contributed by atoms with Crippen molar-refractivity contribution in [1.82, 2.24) is 0 Å². The smallest absolute Gasteiger partial charge is 0.420 e. The molecule has 0 spiro atoms. The van der Waals surface area contributed by atoms with Crippen LogP contribution < -0.4 is 10.1 Å². The topological polar surface area (TPSA) is 56.8 Å². The number of thiocarbonyl (C=S) groups is 1. The number of carbonyl (C=O) groups is 1. The summed E-state index contributed by atoms with van der Waals surface area (Å²) in [4.78, 5) is 12.0. The molecule has 190 valence electrons. The highest BCUT2D eigenvalue weighted by Crippen LogP contribution is 2.46. The molecule has 2 aromatic carbocycles. The van der Waals surface area contributed by atoms with Crippen LogP contribution in [-0.4, -0.2) is 30.3 Å². The summed E-state index contributed by atoms with van der Waals surface area (Å²) in [6.07, 6.45) is -13.1. The molecule has 0 saturated carbocycles. The second-order valence-corrected chi connectivity index (χ2v) is 7.89. The van der Waals surface area contributed by atoms with Gasteiger partial charge in [-0.25, -0.2) is 0 Å². The number of benzene rings is 2. The van der Waals surface area contributed by atoms with Gasteiger partial charge in [0.2, 0.25) is 0 Å². The highest BCUT2D eigenvalue weighted by Gasteiger charge is 2.42. The van der Waals surface area contributed by atoms with Crippen LogP contribution in [0.1, 0.15) is 48.6 Å². The number of carbonyl (C=O) groups excluding carboxylic acids is 1. The van der Waals surface area contributed by atoms with Crippen LogP contribution in [0.2, 0.25) is 0 Å². The molecule has 5 nitrogen and oxygen atoms in total. The Hall–Kier alpha value is -2.86. The zero-order chi connectivity index (χ0) is 26.0. The minimum absolute atomic E-state index is 0.0225. The van der Waals surface area contributed by atoms with Gasteiger partial charge >= 0.3 is 18.3 Å². The molecule has 0 amide bonds. The van der Waals surface area contributed by atoms with Gasteiger partial charge in [0.25, 0.3) is 0 Å². The van der Waals surface area contributed by atoms with E-state index >= 15 is 0 Å². The first kappa shape index (κ1) is 26.7. The molecular formula is C23H21F6NO4S. The van der Waals surface area contributed by atoms with Crippen LogP contribution in [0.25, 0.3) is 0 Å². The zero-order valence-corrected chi connectivity index (χ0v) is 19.4. The number of hydrogen-bond acceptors (Lipinski definition) is 5. The van der Waals surface area contributed by atoms with Gasteiger partial charge in [0.1, 0.15) is 28.5 Å². The molecule has 0 aliphatic carbocycles. The molecule has 0 fully saturated rings. The number of hydrogen-bond donors (Lipinski definition) is 1. The zero-order valence-electron chi connectivity index (χ0n) is 18.5. The fourth-order valence-corrected chi connectivity index (χ4v) is 3.93. The van der Waals surface area contributed by atoms with Gasteiger partial charge in [0.05, 0.1) is 25.2 Å². The highest BCUT2D eigenvalue weighted by molar-refractivity contribution is 7.80. The molecule has 12 heteroatoms. The number of alkyl halides is 6. The molecule has 0 radical (unpaired) electrons. The Morgan fingerprint density at radius 2 is 1.74 bits per heavy atom. The molecule has 35 heavy (non-hydrogen) atoms. The number of ether oxygens (including phenoxy) is 3. The summed E-state index contributed by atoms with van der Waals surface area (Å²) in [6.45, 7) is 3.02. The van der Waals surface area contributed by atoms with Crippen molar-refractivity contribution in [3.8, 4) is 5.75 Å². The first-order valence-corrected chi connectivity index (χ1v) is 10.9. The average Bonchev–Trinajstić information content (AvgIpc) is 2.88. The molecule has 0 unspecified atom stereocenters. The van der Waals surface area contributed by atoms with Crippen molar-refractivity contribution in [2.24, 2.45) is 0 Å². The molecule has 1 heterocycles. The van der Waals surface area contributed by atoms with E-state index in [-0.39, 0.29) is 29.5 Å². The summed E-state index contributed by atoms with van der Waals surface area (Å²) in [6, 6.07) is 6.03. The van der Waals surface area contributed by atoms with Crippen molar-refractivity contribution in [3.63, 3.8) is 0 Å². The monoisotopic (exact) mass is 521 g/mol. The Kier molecular flexibility index (Phi) is 7.95. The van der Waals surface area contributed by atoms with Gasteiger partial charge in [0.15, 0.2) is 0 Å². The van der Waals surface area contributed by atoms with Crippen LogP contribution in [0.5, 0.6) is 5.75 Å². The summed E-state index contributed by atoms with van der Waals surface area (Å²) < 4.78 is 98.9. The molecule has 1 aliphatic rings. The molecule has 0 bridgehead atoms. The molecule has 2 atom stereocenters. The van der Waals surface area contributed by atoms with Crippen molar-refractivity contribution in [2.75, 3.05) is 18.5 Å². The molecular weight excluding hydrogens is 500 g/mol. The van der Waals surface area contributed by atoms with E-state index in [1.54, 1.807) is 6.92 Å². The Bertz CT molecular complexity index is 1100. The van der Waals surface area contributed by atoms with Crippen LogP contribution in [-0.2, 0) is 26.6 Å². The van der Waals surface area contributed by atoms with Gasteiger partial charge in [0, 0.05) is 16.8 Å². The minimum Gasteiger partial charge on any atom is -0.493 e. The van der Waals surface area contributed by atoms with Gasteiger partial charge in [-0.05, 0) is 38.1 Å².